The van der Waals surface area contributed by atoms with Crippen molar-refractivity contribution in [2.24, 2.45) is 0 Å². The first kappa shape index (κ1) is 11.6. The Morgan fingerprint density at radius 2 is 2.00 bits per heavy atom. The van der Waals surface area contributed by atoms with Crippen LogP contribution in [-0.2, 0) is 6.54 Å². The van der Waals surface area contributed by atoms with E-state index in [4.69, 9.17) is 5.21 Å². The number of benzene rings is 1. The average molecular weight is 262 g/mol. The van der Waals surface area contributed by atoms with Gasteiger partial charge in [-0.15, -0.1) is 0 Å². The monoisotopic (exact) mass is 261 g/mol. The van der Waals surface area contributed by atoms with Crippen molar-refractivity contribution in [3.63, 3.8) is 0 Å². The second kappa shape index (κ2) is 4.38. The molecule has 0 radical (unpaired) electrons. The Kier molecular flexibility index (Phi) is 3.64. The SMILES string of the molecule is Cc1c(Br)cc(CN(C)O)c(C)c1F. The van der Waals surface area contributed by atoms with Crippen LogP contribution in [0.4, 0.5) is 4.39 Å². The van der Waals surface area contributed by atoms with Crippen molar-refractivity contribution in [1.82, 2.24) is 5.06 Å². The molecule has 1 aromatic carbocycles. The first-order chi connectivity index (χ1) is 6.43. The maximum Gasteiger partial charge on any atom is 0.130 e. The van der Waals surface area contributed by atoms with Gasteiger partial charge in [0.05, 0.1) is 0 Å². The molecule has 14 heavy (non-hydrogen) atoms. The molecule has 0 aromatic heterocycles. The van der Waals surface area contributed by atoms with E-state index in [1.165, 1.54) is 7.05 Å². The average Bonchev–Trinajstić information content (AvgIpc) is 2.10. The van der Waals surface area contributed by atoms with Gasteiger partial charge in [-0.25, -0.2) is 4.39 Å². The van der Waals surface area contributed by atoms with Crippen LogP contribution in [0, 0.1) is 19.7 Å². The lowest BCUT2D eigenvalue weighted by Crippen LogP contribution is -2.13. The third kappa shape index (κ3) is 2.32. The summed E-state index contributed by atoms with van der Waals surface area (Å²) in [5.74, 6) is -0.212. The number of hydrogen-bond donors (Lipinski definition) is 1. The van der Waals surface area contributed by atoms with Gasteiger partial charge in [-0.05, 0) is 36.6 Å². The smallest absolute Gasteiger partial charge is 0.130 e. The molecule has 0 amide bonds. The zero-order chi connectivity index (χ0) is 10.9. The molecule has 0 spiro atoms. The Morgan fingerprint density at radius 1 is 1.43 bits per heavy atom. The van der Waals surface area contributed by atoms with Crippen LogP contribution in [0.2, 0.25) is 0 Å². The van der Waals surface area contributed by atoms with E-state index in [0.29, 0.717) is 17.7 Å². The lowest BCUT2D eigenvalue weighted by Gasteiger charge is -2.13. The molecular weight excluding hydrogens is 249 g/mol. The highest BCUT2D eigenvalue weighted by molar-refractivity contribution is 9.10. The Bertz CT molecular complexity index is 352. The van der Waals surface area contributed by atoms with Gasteiger partial charge in [0.2, 0.25) is 0 Å². The predicted molar refractivity (Wildman–Crippen MR) is 56.8 cm³/mol. The molecule has 1 N–H and O–H groups in total. The van der Waals surface area contributed by atoms with Crippen LogP contribution in [-0.4, -0.2) is 17.3 Å². The van der Waals surface area contributed by atoms with Crippen LogP contribution in [0.15, 0.2) is 10.5 Å². The van der Waals surface area contributed by atoms with Gasteiger partial charge in [0, 0.05) is 18.1 Å². The fourth-order valence-corrected chi connectivity index (χ4v) is 1.76. The van der Waals surface area contributed by atoms with Gasteiger partial charge in [0.25, 0.3) is 0 Å². The standard InChI is InChI=1S/C10H13BrFNO/c1-6-8(5-13(3)14)4-9(11)7(2)10(6)12/h4,14H,5H2,1-3H3. The molecule has 0 atom stereocenters. The van der Waals surface area contributed by atoms with Crippen molar-refractivity contribution in [1.29, 1.82) is 0 Å². The second-order valence-electron chi connectivity index (χ2n) is 3.40. The lowest BCUT2D eigenvalue weighted by atomic mass is 10.0. The van der Waals surface area contributed by atoms with E-state index >= 15 is 0 Å². The van der Waals surface area contributed by atoms with Crippen LogP contribution in [0.3, 0.4) is 0 Å². The van der Waals surface area contributed by atoms with Crippen molar-refractivity contribution in [3.05, 3.63) is 33.0 Å². The molecule has 78 valence electrons. The summed E-state index contributed by atoms with van der Waals surface area (Å²) in [7, 11) is 1.53. The molecule has 4 heteroatoms. The van der Waals surface area contributed by atoms with Gasteiger partial charge in [0.15, 0.2) is 0 Å². The molecule has 0 aliphatic rings. The largest absolute Gasteiger partial charge is 0.314 e. The van der Waals surface area contributed by atoms with E-state index in [2.05, 4.69) is 15.9 Å². The van der Waals surface area contributed by atoms with Crippen molar-refractivity contribution < 1.29 is 9.60 Å². The summed E-state index contributed by atoms with van der Waals surface area (Å²) in [6, 6.07) is 1.83. The first-order valence-corrected chi connectivity index (χ1v) is 5.07. The number of hydroxylamine groups is 2. The van der Waals surface area contributed by atoms with Gasteiger partial charge < -0.3 is 5.21 Å². The van der Waals surface area contributed by atoms with E-state index in [1.807, 2.05) is 6.07 Å². The molecule has 0 aliphatic carbocycles. The Labute approximate surface area is 91.4 Å². The minimum absolute atomic E-state index is 0.212. The number of halogens is 2. The first-order valence-electron chi connectivity index (χ1n) is 4.27. The Morgan fingerprint density at radius 3 is 2.50 bits per heavy atom. The van der Waals surface area contributed by atoms with Crippen LogP contribution >= 0.6 is 15.9 Å². The molecule has 1 aromatic rings. The van der Waals surface area contributed by atoms with Crippen molar-refractivity contribution in [3.8, 4) is 0 Å². The highest BCUT2D eigenvalue weighted by Gasteiger charge is 2.11. The van der Waals surface area contributed by atoms with Gasteiger partial charge in [-0.2, -0.15) is 5.06 Å². The van der Waals surface area contributed by atoms with Crippen molar-refractivity contribution >= 4 is 15.9 Å². The summed E-state index contributed by atoms with van der Waals surface area (Å²) in [5, 5.41) is 10.1. The number of rotatable bonds is 2. The highest BCUT2D eigenvalue weighted by Crippen LogP contribution is 2.25. The van der Waals surface area contributed by atoms with Crippen LogP contribution in [0.1, 0.15) is 16.7 Å². The number of hydrogen-bond acceptors (Lipinski definition) is 2. The third-order valence-corrected chi connectivity index (χ3v) is 3.02. The Balaban J connectivity index is 3.19. The van der Waals surface area contributed by atoms with E-state index in [-0.39, 0.29) is 5.82 Å². The van der Waals surface area contributed by atoms with E-state index in [9.17, 15) is 4.39 Å². The molecule has 0 saturated carbocycles. The zero-order valence-corrected chi connectivity index (χ0v) is 10.0. The summed E-state index contributed by atoms with van der Waals surface area (Å²) in [6.07, 6.45) is 0. The van der Waals surface area contributed by atoms with Crippen LogP contribution in [0.25, 0.3) is 0 Å². The summed E-state index contributed by atoms with van der Waals surface area (Å²) < 4.78 is 14.3. The van der Waals surface area contributed by atoms with Crippen molar-refractivity contribution in [2.75, 3.05) is 7.05 Å². The van der Waals surface area contributed by atoms with Gasteiger partial charge in [-0.1, -0.05) is 15.9 Å². The molecule has 1 rings (SSSR count). The topological polar surface area (TPSA) is 23.5 Å². The highest BCUT2D eigenvalue weighted by atomic mass is 79.9. The minimum atomic E-state index is -0.212. The minimum Gasteiger partial charge on any atom is -0.314 e. The lowest BCUT2D eigenvalue weighted by molar-refractivity contribution is -0.0733. The normalized spacial score (nSPS) is 11.1. The summed E-state index contributed by atoms with van der Waals surface area (Å²) in [5.41, 5.74) is 1.98. The zero-order valence-electron chi connectivity index (χ0n) is 8.43. The molecule has 0 fully saturated rings. The van der Waals surface area contributed by atoms with E-state index in [1.54, 1.807) is 13.8 Å². The third-order valence-electron chi connectivity index (χ3n) is 2.20. The maximum atomic E-state index is 13.6. The van der Waals surface area contributed by atoms with E-state index < -0.39 is 0 Å². The molecule has 0 bridgehead atoms. The second-order valence-corrected chi connectivity index (χ2v) is 4.25. The maximum absolute atomic E-state index is 13.6. The molecule has 0 unspecified atom stereocenters. The van der Waals surface area contributed by atoms with Crippen LogP contribution < -0.4 is 0 Å². The molecule has 0 aliphatic heterocycles. The van der Waals surface area contributed by atoms with Crippen LogP contribution in [0.5, 0.6) is 0 Å². The fraction of sp³-hybridized carbons (Fsp3) is 0.400. The number of nitrogens with zero attached hydrogens (tertiary/aromatic N) is 1. The predicted octanol–water partition coefficient (Wildman–Crippen LogP) is 3.03. The van der Waals surface area contributed by atoms with E-state index in [0.717, 1.165) is 15.1 Å². The quantitative estimate of drug-likeness (QED) is 0.828. The molecule has 0 heterocycles. The van der Waals surface area contributed by atoms with Gasteiger partial charge in [-0.3, -0.25) is 0 Å². The van der Waals surface area contributed by atoms with Gasteiger partial charge in [0.1, 0.15) is 5.82 Å². The fourth-order valence-electron chi connectivity index (χ4n) is 1.31. The van der Waals surface area contributed by atoms with Crippen molar-refractivity contribution in [2.45, 2.75) is 20.4 Å². The molecule has 0 saturated heterocycles. The molecular formula is C10H13BrFNO. The summed E-state index contributed by atoms with van der Waals surface area (Å²) in [4.78, 5) is 0. The summed E-state index contributed by atoms with van der Waals surface area (Å²) in [6.45, 7) is 3.76. The Hall–Kier alpha value is -0.450. The molecule has 2 nitrogen and oxygen atoms in total. The summed E-state index contributed by atoms with van der Waals surface area (Å²) >= 11 is 3.28. The van der Waals surface area contributed by atoms with Gasteiger partial charge >= 0.3 is 0 Å².